The Morgan fingerprint density at radius 3 is 2.46 bits per heavy atom. The molecule has 26 heavy (non-hydrogen) atoms. The number of amides is 2. The molecule has 0 radical (unpaired) electrons. The summed E-state index contributed by atoms with van der Waals surface area (Å²) in [4.78, 5) is 31.4. The van der Waals surface area contributed by atoms with Crippen molar-refractivity contribution in [2.45, 2.75) is 25.8 Å². The zero-order chi connectivity index (χ0) is 18.5. The molecular weight excluding hydrogens is 354 g/mol. The van der Waals surface area contributed by atoms with Gasteiger partial charge in [0.1, 0.15) is 11.8 Å². The van der Waals surface area contributed by atoms with Gasteiger partial charge in [0.2, 0.25) is 5.91 Å². The number of piperazine rings is 1. The van der Waals surface area contributed by atoms with Crippen molar-refractivity contribution in [2.75, 3.05) is 45.9 Å². The molecule has 1 unspecified atom stereocenters. The average Bonchev–Trinajstić information content (AvgIpc) is 3.16. The van der Waals surface area contributed by atoms with Crippen LogP contribution in [0.2, 0.25) is 5.02 Å². The molecule has 0 saturated carbocycles. The minimum atomic E-state index is -0.343. The van der Waals surface area contributed by atoms with Gasteiger partial charge in [-0.2, -0.15) is 0 Å². The van der Waals surface area contributed by atoms with Gasteiger partial charge in [0.05, 0.1) is 0 Å². The van der Waals surface area contributed by atoms with E-state index in [-0.39, 0.29) is 24.5 Å². The van der Waals surface area contributed by atoms with E-state index >= 15 is 0 Å². The van der Waals surface area contributed by atoms with E-state index in [0.29, 0.717) is 17.3 Å². The Kier molecular flexibility index (Phi) is 6.38. The standard InChI is InChI=1S/C19H26ClN3O3/c1-2-21-10-12-22(13-11-21)19(25)17-4-3-9-23(17)18(24)14-26-16-7-5-15(20)6-8-16/h5-8,17H,2-4,9-14H2,1H3. The predicted octanol–water partition coefficient (Wildman–Crippen LogP) is 1.87. The van der Waals surface area contributed by atoms with Crippen LogP contribution in [0.1, 0.15) is 19.8 Å². The van der Waals surface area contributed by atoms with Crippen LogP contribution in [-0.4, -0.2) is 78.4 Å². The van der Waals surface area contributed by atoms with Gasteiger partial charge in [0.25, 0.3) is 5.91 Å². The molecule has 1 atom stereocenters. The quantitative estimate of drug-likeness (QED) is 0.783. The summed E-state index contributed by atoms with van der Waals surface area (Å²) in [5.41, 5.74) is 0. The zero-order valence-corrected chi connectivity index (χ0v) is 16.0. The molecule has 0 aromatic heterocycles. The number of nitrogens with zero attached hydrogens (tertiary/aromatic N) is 3. The van der Waals surface area contributed by atoms with Crippen LogP contribution >= 0.6 is 11.6 Å². The second-order valence-electron chi connectivity index (χ2n) is 6.75. The first-order valence-electron chi connectivity index (χ1n) is 9.27. The van der Waals surface area contributed by atoms with Crippen LogP contribution in [0, 0.1) is 0 Å². The van der Waals surface area contributed by atoms with E-state index in [9.17, 15) is 9.59 Å². The van der Waals surface area contributed by atoms with E-state index in [2.05, 4.69) is 11.8 Å². The van der Waals surface area contributed by atoms with E-state index in [0.717, 1.165) is 45.6 Å². The number of benzene rings is 1. The monoisotopic (exact) mass is 379 g/mol. The lowest BCUT2D eigenvalue weighted by Gasteiger charge is -2.36. The Balaban J connectivity index is 1.54. The molecule has 142 valence electrons. The zero-order valence-electron chi connectivity index (χ0n) is 15.2. The third kappa shape index (κ3) is 4.48. The maximum absolute atomic E-state index is 12.9. The van der Waals surface area contributed by atoms with Crippen molar-refractivity contribution >= 4 is 23.4 Å². The normalized spacial score (nSPS) is 21.1. The van der Waals surface area contributed by atoms with Gasteiger partial charge < -0.3 is 19.4 Å². The average molecular weight is 380 g/mol. The molecule has 3 rings (SSSR count). The smallest absolute Gasteiger partial charge is 0.261 e. The fraction of sp³-hybridized carbons (Fsp3) is 0.579. The topological polar surface area (TPSA) is 53.1 Å². The SMILES string of the molecule is CCN1CCN(C(=O)C2CCCN2C(=O)COc2ccc(Cl)cc2)CC1. The van der Waals surface area contributed by atoms with Gasteiger partial charge in [0, 0.05) is 37.7 Å². The number of rotatable bonds is 5. The second-order valence-corrected chi connectivity index (χ2v) is 7.18. The molecule has 2 aliphatic heterocycles. The third-order valence-electron chi connectivity index (χ3n) is 5.17. The van der Waals surface area contributed by atoms with Crippen LogP contribution < -0.4 is 4.74 Å². The molecule has 1 aromatic carbocycles. The molecule has 7 heteroatoms. The van der Waals surface area contributed by atoms with Crippen molar-refractivity contribution in [3.05, 3.63) is 29.3 Å². The highest BCUT2D eigenvalue weighted by Crippen LogP contribution is 2.21. The summed E-state index contributed by atoms with van der Waals surface area (Å²) in [6, 6.07) is 6.56. The Morgan fingerprint density at radius 2 is 1.81 bits per heavy atom. The van der Waals surface area contributed by atoms with Crippen molar-refractivity contribution < 1.29 is 14.3 Å². The summed E-state index contributed by atoms with van der Waals surface area (Å²) < 4.78 is 5.56. The van der Waals surface area contributed by atoms with Gasteiger partial charge >= 0.3 is 0 Å². The highest BCUT2D eigenvalue weighted by molar-refractivity contribution is 6.30. The van der Waals surface area contributed by atoms with Gasteiger partial charge in [-0.05, 0) is 43.7 Å². The highest BCUT2D eigenvalue weighted by Gasteiger charge is 2.37. The lowest BCUT2D eigenvalue weighted by molar-refractivity contribution is -0.145. The minimum absolute atomic E-state index is 0.0605. The molecule has 0 N–H and O–H groups in total. The summed E-state index contributed by atoms with van der Waals surface area (Å²) in [5, 5.41) is 0.622. The molecular formula is C19H26ClN3O3. The summed E-state index contributed by atoms with van der Waals surface area (Å²) >= 11 is 5.85. The summed E-state index contributed by atoms with van der Waals surface area (Å²) in [7, 11) is 0. The molecule has 0 bridgehead atoms. The van der Waals surface area contributed by atoms with Crippen LogP contribution in [0.15, 0.2) is 24.3 Å². The first-order chi connectivity index (χ1) is 12.6. The molecule has 2 aliphatic rings. The summed E-state index contributed by atoms with van der Waals surface area (Å²) in [6.45, 7) is 7.00. The number of hydrogen-bond acceptors (Lipinski definition) is 4. The van der Waals surface area contributed by atoms with Crippen LogP contribution in [-0.2, 0) is 9.59 Å². The minimum Gasteiger partial charge on any atom is -0.484 e. The molecule has 1 aromatic rings. The molecule has 2 saturated heterocycles. The molecule has 0 spiro atoms. The summed E-state index contributed by atoms with van der Waals surface area (Å²) in [6.07, 6.45) is 1.59. The Bertz CT molecular complexity index is 629. The van der Waals surface area contributed by atoms with Crippen molar-refractivity contribution in [3.63, 3.8) is 0 Å². The van der Waals surface area contributed by atoms with Crippen LogP contribution in [0.3, 0.4) is 0 Å². The number of likely N-dealkylation sites (N-methyl/N-ethyl adjacent to an activating group) is 1. The number of halogens is 1. The maximum Gasteiger partial charge on any atom is 0.261 e. The van der Waals surface area contributed by atoms with E-state index in [1.54, 1.807) is 29.2 Å². The molecule has 2 fully saturated rings. The van der Waals surface area contributed by atoms with Gasteiger partial charge in [-0.1, -0.05) is 18.5 Å². The molecule has 2 amide bonds. The maximum atomic E-state index is 12.9. The molecule has 0 aliphatic carbocycles. The predicted molar refractivity (Wildman–Crippen MR) is 100 cm³/mol. The van der Waals surface area contributed by atoms with E-state index < -0.39 is 0 Å². The Hall–Kier alpha value is -1.79. The lowest BCUT2D eigenvalue weighted by atomic mass is 10.1. The van der Waals surface area contributed by atoms with Gasteiger partial charge in [-0.3, -0.25) is 9.59 Å². The fourth-order valence-electron chi connectivity index (χ4n) is 3.58. The number of likely N-dealkylation sites (tertiary alicyclic amines) is 1. The van der Waals surface area contributed by atoms with Gasteiger partial charge in [0.15, 0.2) is 6.61 Å². The number of ether oxygens (including phenoxy) is 1. The van der Waals surface area contributed by atoms with E-state index in [1.807, 2.05) is 4.90 Å². The molecule has 2 heterocycles. The number of carbonyl (C=O) groups is 2. The second kappa shape index (κ2) is 8.73. The van der Waals surface area contributed by atoms with Gasteiger partial charge in [-0.25, -0.2) is 0 Å². The van der Waals surface area contributed by atoms with E-state index in [1.165, 1.54) is 0 Å². The Morgan fingerprint density at radius 1 is 1.12 bits per heavy atom. The largest absolute Gasteiger partial charge is 0.484 e. The molecule has 6 nitrogen and oxygen atoms in total. The summed E-state index contributed by atoms with van der Waals surface area (Å²) in [5.74, 6) is 0.543. The number of hydrogen-bond donors (Lipinski definition) is 0. The Labute approximate surface area is 159 Å². The van der Waals surface area contributed by atoms with Crippen LogP contribution in [0.5, 0.6) is 5.75 Å². The first-order valence-corrected chi connectivity index (χ1v) is 9.65. The first kappa shape index (κ1) is 19.0. The fourth-order valence-corrected chi connectivity index (χ4v) is 3.70. The van der Waals surface area contributed by atoms with E-state index in [4.69, 9.17) is 16.3 Å². The van der Waals surface area contributed by atoms with Crippen molar-refractivity contribution in [2.24, 2.45) is 0 Å². The van der Waals surface area contributed by atoms with Crippen molar-refractivity contribution in [3.8, 4) is 5.75 Å². The van der Waals surface area contributed by atoms with Crippen molar-refractivity contribution in [1.29, 1.82) is 0 Å². The van der Waals surface area contributed by atoms with Crippen LogP contribution in [0.25, 0.3) is 0 Å². The third-order valence-corrected chi connectivity index (χ3v) is 5.42. The van der Waals surface area contributed by atoms with Gasteiger partial charge in [-0.15, -0.1) is 0 Å². The van der Waals surface area contributed by atoms with Crippen molar-refractivity contribution in [1.82, 2.24) is 14.7 Å². The lowest BCUT2D eigenvalue weighted by Crippen LogP contribution is -2.54. The van der Waals surface area contributed by atoms with Crippen LogP contribution in [0.4, 0.5) is 0 Å². The highest BCUT2D eigenvalue weighted by atomic mass is 35.5. The number of carbonyl (C=O) groups excluding carboxylic acids is 2.